The third-order valence-electron chi connectivity index (χ3n) is 4.90. The lowest BCUT2D eigenvalue weighted by Gasteiger charge is -2.16. The molecule has 1 atom stereocenters. The van der Waals surface area contributed by atoms with Gasteiger partial charge in [-0.1, -0.05) is 13.3 Å². The van der Waals surface area contributed by atoms with Crippen LogP contribution in [0.2, 0.25) is 0 Å². The Labute approximate surface area is 195 Å². The van der Waals surface area contributed by atoms with Crippen molar-refractivity contribution in [2.75, 3.05) is 37.6 Å². The standard InChI is InChI=1S/C21H29N7O4S/c1-4-5-6-24-19-18-15(25-21(23)26-19)10-28(27-18)9-13-16(31-2)7-12(8-17(13)32-3)33-11-14(22)20(29)30/h7-8,10,14H,4-6,9,11,22H2,1-3H3,(H,29,30)(H3,23,24,25,26)/t14-/m0/s1. The van der Waals surface area contributed by atoms with Crippen molar-refractivity contribution in [3.63, 3.8) is 0 Å². The molecule has 0 aliphatic rings. The van der Waals surface area contributed by atoms with Crippen molar-refractivity contribution in [3.05, 3.63) is 23.9 Å². The number of carbonyl (C=O) groups is 1. The van der Waals surface area contributed by atoms with Gasteiger partial charge in [0.05, 0.1) is 32.5 Å². The van der Waals surface area contributed by atoms with E-state index in [0.29, 0.717) is 34.9 Å². The molecule has 0 spiro atoms. The highest BCUT2D eigenvalue weighted by atomic mass is 32.2. The molecule has 12 heteroatoms. The maximum Gasteiger partial charge on any atom is 0.321 e. The molecular formula is C21H29N7O4S. The molecule has 2 heterocycles. The Kier molecular flexibility index (Phi) is 8.17. The number of rotatable bonds is 12. The SMILES string of the molecule is CCCCNc1nc(N)nc2cn(Cc3c(OC)cc(SC[C@H](N)C(=O)O)cc3OC)nc12. The van der Waals surface area contributed by atoms with E-state index in [1.807, 2.05) is 12.1 Å². The van der Waals surface area contributed by atoms with Crippen LogP contribution in [0, 0.1) is 0 Å². The van der Waals surface area contributed by atoms with Crippen molar-refractivity contribution >= 4 is 40.5 Å². The number of carboxylic acids is 1. The summed E-state index contributed by atoms with van der Waals surface area (Å²) in [5.74, 6) is 1.14. The van der Waals surface area contributed by atoms with E-state index in [-0.39, 0.29) is 11.7 Å². The number of aromatic nitrogens is 4. The number of nitrogens with two attached hydrogens (primary N) is 2. The van der Waals surface area contributed by atoms with Crippen molar-refractivity contribution in [1.82, 2.24) is 19.7 Å². The number of hydrogen-bond donors (Lipinski definition) is 4. The highest BCUT2D eigenvalue weighted by Crippen LogP contribution is 2.35. The summed E-state index contributed by atoms with van der Waals surface area (Å²) in [4.78, 5) is 20.4. The van der Waals surface area contributed by atoms with E-state index in [9.17, 15) is 4.79 Å². The summed E-state index contributed by atoms with van der Waals surface area (Å²) in [6, 6.07) is 2.70. The van der Waals surface area contributed by atoms with Crippen molar-refractivity contribution in [3.8, 4) is 11.5 Å². The summed E-state index contributed by atoms with van der Waals surface area (Å²) in [6.45, 7) is 3.24. The number of nitrogen functional groups attached to an aromatic ring is 1. The Bertz CT molecular complexity index is 1100. The normalized spacial score (nSPS) is 12.0. The van der Waals surface area contributed by atoms with Crippen molar-refractivity contribution in [1.29, 1.82) is 0 Å². The maximum atomic E-state index is 11.0. The first kappa shape index (κ1) is 24.4. The molecule has 0 fully saturated rings. The van der Waals surface area contributed by atoms with Crippen molar-refractivity contribution < 1.29 is 19.4 Å². The molecule has 11 nitrogen and oxygen atoms in total. The summed E-state index contributed by atoms with van der Waals surface area (Å²) in [7, 11) is 3.13. The summed E-state index contributed by atoms with van der Waals surface area (Å²) < 4.78 is 12.9. The fourth-order valence-electron chi connectivity index (χ4n) is 3.18. The van der Waals surface area contributed by atoms with Crippen LogP contribution >= 0.6 is 11.8 Å². The number of nitrogens with one attached hydrogen (secondary N) is 1. The number of methoxy groups -OCH3 is 2. The average molecular weight is 476 g/mol. The zero-order valence-electron chi connectivity index (χ0n) is 18.9. The quantitative estimate of drug-likeness (QED) is 0.224. The van der Waals surface area contributed by atoms with Crippen LogP contribution in [0.4, 0.5) is 11.8 Å². The molecule has 0 unspecified atom stereocenters. The molecule has 178 valence electrons. The van der Waals surface area contributed by atoms with Crippen LogP contribution in [0.3, 0.4) is 0 Å². The molecule has 0 amide bonds. The Hall–Kier alpha value is -3.25. The molecule has 1 aromatic carbocycles. The average Bonchev–Trinajstić information content (AvgIpc) is 3.20. The molecule has 3 rings (SSSR count). The number of hydrogen-bond acceptors (Lipinski definition) is 10. The number of carboxylic acid groups (broad SMARTS) is 1. The van der Waals surface area contributed by atoms with Gasteiger partial charge in [-0.15, -0.1) is 11.8 Å². The summed E-state index contributed by atoms with van der Waals surface area (Å²) in [6.07, 6.45) is 3.86. The van der Waals surface area contributed by atoms with E-state index < -0.39 is 12.0 Å². The van der Waals surface area contributed by atoms with Crippen LogP contribution in [-0.2, 0) is 11.3 Å². The Balaban J connectivity index is 1.90. The van der Waals surface area contributed by atoms with Gasteiger partial charge in [-0.3, -0.25) is 9.48 Å². The Morgan fingerprint density at radius 3 is 2.58 bits per heavy atom. The third kappa shape index (κ3) is 5.96. The predicted octanol–water partition coefficient (Wildman–Crippen LogP) is 2.19. The van der Waals surface area contributed by atoms with Gasteiger partial charge in [-0.25, -0.2) is 4.98 Å². The first-order chi connectivity index (χ1) is 15.9. The van der Waals surface area contributed by atoms with Crippen LogP contribution in [0.1, 0.15) is 25.3 Å². The molecule has 0 radical (unpaired) electrons. The first-order valence-electron chi connectivity index (χ1n) is 10.5. The molecule has 6 N–H and O–H groups in total. The third-order valence-corrected chi connectivity index (χ3v) is 5.99. The topological polar surface area (TPSA) is 163 Å². The van der Waals surface area contributed by atoms with E-state index in [4.69, 9.17) is 26.0 Å². The highest BCUT2D eigenvalue weighted by molar-refractivity contribution is 7.99. The van der Waals surface area contributed by atoms with Gasteiger partial charge in [0.2, 0.25) is 5.95 Å². The minimum Gasteiger partial charge on any atom is -0.496 e. The second kappa shape index (κ2) is 11.1. The number of unbranched alkanes of at least 4 members (excludes halogenated alkanes) is 1. The van der Waals surface area contributed by atoms with Gasteiger partial charge in [0.25, 0.3) is 0 Å². The predicted molar refractivity (Wildman–Crippen MR) is 128 cm³/mol. The zero-order chi connectivity index (χ0) is 24.0. The van der Waals surface area contributed by atoms with Gasteiger partial charge in [0, 0.05) is 17.2 Å². The largest absolute Gasteiger partial charge is 0.496 e. The van der Waals surface area contributed by atoms with Gasteiger partial charge in [0.15, 0.2) is 11.3 Å². The van der Waals surface area contributed by atoms with E-state index in [2.05, 4.69) is 27.3 Å². The van der Waals surface area contributed by atoms with Crippen molar-refractivity contribution in [2.45, 2.75) is 37.2 Å². The van der Waals surface area contributed by atoms with Gasteiger partial charge in [-0.05, 0) is 18.6 Å². The molecule has 0 bridgehead atoms. The number of ether oxygens (including phenoxy) is 2. The lowest BCUT2D eigenvalue weighted by molar-refractivity contribution is -0.137. The second-order valence-electron chi connectivity index (χ2n) is 7.33. The zero-order valence-corrected chi connectivity index (χ0v) is 19.7. The number of benzene rings is 1. The van der Waals surface area contributed by atoms with Crippen LogP contribution < -0.4 is 26.3 Å². The van der Waals surface area contributed by atoms with Gasteiger partial charge >= 0.3 is 5.97 Å². The molecule has 0 aliphatic heterocycles. The minimum atomic E-state index is -1.05. The van der Waals surface area contributed by atoms with E-state index >= 15 is 0 Å². The molecule has 0 saturated heterocycles. The lowest BCUT2D eigenvalue weighted by atomic mass is 10.1. The molecule has 0 aliphatic carbocycles. The van der Waals surface area contributed by atoms with E-state index in [0.717, 1.165) is 29.8 Å². The maximum absolute atomic E-state index is 11.0. The van der Waals surface area contributed by atoms with Gasteiger partial charge < -0.3 is 31.4 Å². The van der Waals surface area contributed by atoms with Crippen LogP contribution in [0.5, 0.6) is 11.5 Å². The second-order valence-corrected chi connectivity index (χ2v) is 8.43. The lowest BCUT2D eigenvalue weighted by Crippen LogP contribution is -2.32. The van der Waals surface area contributed by atoms with Crippen molar-refractivity contribution in [2.24, 2.45) is 5.73 Å². The summed E-state index contributed by atoms with van der Waals surface area (Å²) in [5, 5.41) is 16.9. The smallest absolute Gasteiger partial charge is 0.321 e. The van der Waals surface area contributed by atoms with Crippen LogP contribution in [0.15, 0.2) is 23.2 Å². The molecular weight excluding hydrogens is 446 g/mol. The van der Waals surface area contributed by atoms with Gasteiger partial charge in [-0.2, -0.15) is 10.1 Å². The Morgan fingerprint density at radius 2 is 1.97 bits per heavy atom. The summed E-state index contributed by atoms with van der Waals surface area (Å²) in [5.41, 5.74) is 13.5. The number of thioether (sulfide) groups is 1. The Morgan fingerprint density at radius 1 is 1.27 bits per heavy atom. The number of fused-ring (bicyclic) bond motifs is 1. The monoisotopic (exact) mass is 475 g/mol. The molecule has 33 heavy (non-hydrogen) atoms. The molecule has 3 aromatic rings. The number of anilines is 2. The number of nitrogens with zero attached hydrogens (tertiary/aromatic N) is 4. The van der Waals surface area contributed by atoms with E-state index in [1.165, 1.54) is 11.8 Å². The fourth-order valence-corrected chi connectivity index (χ4v) is 4.08. The van der Waals surface area contributed by atoms with E-state index in [1.54, 1.807) is 25.1 Å². The molecule has 0 saturated carbocycles. The first-order valence-corrected chi connectivity index (χ1v) is 11.4. The minimum absolute atomic E-state index is 0.178. The molecule has 2 aromatic heterocycles. The summed E-state index contributed by atoms with van der Waals surface area (Å²) >= 11 is 1.32. The van der Waals surface area contributed by atoms with Crippen LogP contribution in [0.25, 0.3) is 11.0 Å². The number of aliphatic carboxylic acids is 1. The van der Waals surface area contributed by atoms with Gasteiger partial charge in [0.1, 0.15) is 23.1 Å². The van der Waals surface area contributed by atoms with Crippen LogP contribution in [-0.4, -0.2) is 63.4 Å². The highest BCUT2D eigenvalue weighted by Gasteiger charge is 2.18. The fraction of sp³-hybridized carbons (Fsp3) is 0.429.